The van der Waals surface area contributed by atoms with E-state index in [9.17, 15) is 44.1 Å². The van der Waals surface area contributed by atoms with Crippen LogP contribution in [0.15, 0.2) is 24.3 Å². The minimum atomic E-state index is -1.24. The first kappa shape index (κ1) is 45.0. The van der Waals surface area contributed by atoms with Crippen molar-refractivity contribution in [1.82, 2.24) is 25.8 Å². The number of phenols is 1. The van der Waals surface area contributed by atoms with E-state index in [0.717, 1.165) is 4.90 Å². The van der Waals surface area contributed by atoms with Gasteiger partial charge in [0.1, 0.15) is 36.0 Å². The number of nitrogens with one attached hydrogen (secondary N) is 3. The molecule has 55 heavy (non-hydrogen) atoms. The fraction of sp³-hybridized carbons (Fsp3) is 0.676. The maximum absolute atomic E-state index is 14.2. The molecule has 0 spiro atoms. The number of nitrogens with zero attached hydrogens (tertiary/aromatic N) is 2. The van der Waals surface area contributed by atoms with Gasteiger partial charge in [0.25, 0.3) is 0 Å². The minimum absolute atomic E-state index is 0.00103. The number of aromatic hydroxyl groups is 1. The van der Waals surface area contributed by atoms with E-state index in [2.05, 4.69) is 16.0 Å². The van der Waals surface area contributed by atoms with Crippen molar-refractivity contribution in [3.63, 3.8) is 0 Å². The molecule has 0 saturated carbocycles. The third-order valence-electron chi connectivity index (χ3n) is 10.1. The van der Waals surface area contributed by atoms with Gasteiger partial charge < -0.3 is 64.0 Å². The number of β-amino-alcohol motifs (C(OH)–C–C–N with tert-alkyl or cyclic N) is 1. The Morgan fingerprint density at radius 1 is 0.727 bits per heavy atom. The molecule has 0 unspecified atom stereocenters. The molecule has 2 aliphatic rings. The predicted octanol–water partition coefficient (Wildman–Crippen LogP) is -1.86. The monoisotopic (exact) mass is 775 g/mol. The van der Waals surface area contributed by atoms with Crippen molar-refractivity contribution < 1.29 is 44.1 Å². The number of carboxylic acids is 1. The predicted molar refractivity (Wildman–Crippen MR) is 203 cm³/mol. The molecule has 1 aromatic rings. The number of benzene rings is 1. The third kappa shape index (κ3) is 13.7. The summed E-state index contributed by atoms with van der Waals surface area (Å²) < 4.78 is 0. The Balaban J connectivity index is 1.84. The molecule has 0 aliphatic carbocycles. The average Bonchev–Trinajstić information content (AvgIpc) is 3.81. The van der Waals surface area contributed by atoms with Gasteiger partial charge in [-0.15, -0.1) is 0 Å². The highest BCUT2D eigenvalue weighted by Crippen LogP contribution is 2.23. The Bertz CT molecular complexity index is 1430. The van der Waals surface area contributed by atoms with Crippen LogP contribution in [0.2, 0.25) is 0 Å². The number of carbonyl (C=O) groups is 6. The topological polar surface area (TPSA) is 310 Å². The molecule has 2 saturated heterocycles. The fourth-order valence-electron chi connectivity index (χ4n) is 7.04. The standard InChI is InChI=1S/C37H61N9O9/c38-16-4-1-8-26(41)35(52)45-19-7-11-30(45)33(50)44-29(20-23-12-14-24(47)15-13-23)32(49)42-27(9-2-5-17-39)36(53)46-22-25(48)21-31(46)34(51)43-28(37(54)55)10-3-6-18-40/h12-15,25-31,47-48H,1-11,16-22,38-41H2,(H,42,49)(H,43,51)(H,44,50)(H,54,55)/t25-,26+,27+,28+,29+,30+,31+/m1/s1. The highest BCUT2D eigenvalue weighted by atomic mass is 16.4. The number of carboxylic acid groups (broad SMARTS) is 1. The number of unbranched alkanes of at least 4 members (excludes halogenated alkanes) is 3. The van der Waals surface area contributed by atoms with E-state index in [1.165, 1.54) is 17.0 Å². The molecule has 7 atom stereocenters. The van der Waals surface area contributed by atoms with Crippen LogP contribution in [0.4, 0.5) is 0 Å². The number of likely N-dealkylation sites (tertiary alicyclic amines) is 2. The fourth-order valence-corrected chi connectivity index (χ4v) is 7.04. The van der Waals surface area contributed by atoms with Gasteiger partial charge in [0, 0.05) is 25.9 Å². The molecule has 0 radical (unpaired) electrons. The van der Waals surface area contributed by atoms with Crippen molar-refractivity contribution in [2.24, 2.45) is 22.9 Å². The number of amides is 5. The van der Waals surface area contributed by atoms with E-state index >= 15 is 0 Å². The van der Waals surface area contributed by atoms with Gasteiger partial charge in [-0.3, -0.25) is 24.0 Å². The summed E-state index contributed by atoms with van der Waals surface area (Å²) in [6.45, 7) is 1.25. The summed E-state index contributed by atoms with van der Waals surface area (Å²) >= 11 is 0. The number of rotatable bonds is 23. The average molecular weight is 776 g/mol. The second kappa shape index (κ2) is 22.9. The molecule has 3 rings (SSSR count). The van der Waals surface area contributed by atoms with Crippen LogP contribution in [0.1, 0.15) is 82.6 Å². The lowest BCUT2D eigenvalue weighted by Gasteiger charge is -2.31. The zero-order chi connectivity index (χ0) is 40.5. The highest BCUT2D eigenvalue weighted by Gasteiger charge is 2.43. The van der Waals surface area contributed by atoms with Crippen LogP contribution in [0.3, 0.4) is 0 Å². The molecule has 308 valence electrons. The quantitative estimate of drug-likeness (QED) is 0.0547. The van der Waals surface area contributed by atoms with Gasteiger partial charge in [0.05, 0.1) is 12.1 Å². The van der Waals surface area contributed by atoms with Crippen molar-refractivity contribution in [2.75, 3.05) is 32.7 Å². The van der Waals surface area contributed by atoms with Crippen LogP contribution in [0.5, 0.6) is 5.75 Å². The number of carbonyl (C=O) groups excluding carboxylic acids is 5. The van der Waals surface area contributed by atoms with Crippen LogP contribution in [-0.2, 0) is 35.2 Å². The van der Waals surface area contributed by atoms with E-state index in [1.54, 1.807) is 12.1 Å². The van der Waals surface area contributed by atoms with E-state index in [-0.39, 0.29) is 43.9 Å². The Hall–Kier alpha value is -4.36. The van der Waals surface area contributed by atoms with Crippen LogP contribution in [-0.4, -0.2) is 136 Å². The number of nitrogens with two attached hydrogens (primary N) is 4. The second-order valence-corrected chi connectivity index (χ2v) is 14.4. The van der Waals surface area contributed by atoms with E-state index < -0.39 is 72.0 Å². The largest absolute Gasteiger partial charge is 0.508 e. The number of aliphatic hydroxyl groups excluding tert-OH is 1. The first-order valence-corrected chi connectivity index (χ1v) is 19.4. The molecule has 2 fully saturated rings. The summed E-state index contributed by atoms with van der Waals surface area (Å²) in [6, 6.07) is -0.487. The number of phenolic OH excluding ortho intramolecular Hbond substituents is 1. The molecule has 2 heterocycles. The van der Waals surface area contributed by atoms with Crippen molar-refractivity contribution in [3.8, 4) is 5.75 Å². The van der Waals surface area contributed by atoms with Gasteiger partial charge in [-0.05, 0) is 102 Å². The van der Waals surface area contributed by atoms with E-state index in [0.29, 0.717) is 89.5 Å². The van der Waals surface area contributed by atoms with Crippen LogP contribution >= 0.6 is 0 Å². The zero-order valence-corrected chi connectivity index (χ0v) is 31.6. The summed E-state index contributed by atoms with van der Waals surface area (Å²) in [5, 5.41) is 38.2. The van der Waals surface area contributed by atoms with Crippen molar-refractivity contribution >= 4 is 35.5 Å². The summed E-state index contributed by atoms with van der Waals surface area (Å²) in [6.07, 6.45) is 3.66. The summed E-state index contributed by atoms with van der Waals surface area (Å²) in [5.41, 5.74) is 23.6. The first-order valence-electron chi connectivity index (χ1n) is 19.4. The Morgan fingerprint density at radius 2 is 1.29 bits per heavy atom. The number of hydrogen-bond donors (Lipinski definition) is 10. The van der Waals surface area contributed by atoms with Gasteiger partial charge in [-0.25, -0.2) is 4.79 Å². The van der Waals surface area contributed by atoms with E-state index in [1.807, 2.05) is 0 Å². The van der Waals surface area contributed by atoms with Gasteiger partial charge in [-0.2, -0.15) is 0 Å². The van der Waals surface area contributed by atoms with Crippen molar-refractivity contribution in [2.45, 2.75) is 126 Å². The molecular formula is C37H61N9O9. The first-order chi connectivity index (χ1) is 26.3. The summed E-state index contributed by atoms with van der Waals surface area (Å²) in [4.78, 5) is 83.3. The minimum Gasteiger partial charge on any atom is -0.508 e. The molecule has 0 aromatic heterocycles. The smallest absolute Gasteiger partial charge is 0.326 e. The van der Waals surface area contributed by atoms with Crippen molar-refractivity contribution in [1.29, 1.82) is 0 Å². The molecular weight excluding hydrogens is 714 g/mol. The summed E-state index contributed by atoms with van der Waals surface area (Å²) in [7, 11) is 0. The molecule has 18 nitrogen and oxygen atoms in total. The maximum Gasteiger partial charge on any atom is 0.326 e. The highest BCUT2D eigenvalue weighted by molar-refractivity contribution is 5.97. The molecule has 2 aliphatic heterocycles. The van der Waals surface area contributed by atoms with Gasteiger partial charge in [0.15, 0.2) is 0 Å². The number of hydrogen-bond acceptors (Lipinski definition) is 12. The zero-order valence-electron chi connectivity index (χ0n) is 31.6. The Morgan fingerprint density at radius 3 is 1.89 bits per heavy atom. The lowest BCUT2D eigenvalue weighted by atomic mass is 10.0. The Kier molecular flexibility index (Phi) is 18.7. The van der Waals surface area contributed by atoms with Gasteiger partial charge in [-0.1, -0.05) is 18.6 Å². The SMILES string of the molecule is NCCCC[C@H](NC(=O)[C@@H]1C[C@@H](O)CN1C(=O)[C@H](CCCCN)NC(=O)[C@H](Cc1ccc(O)cc1)NC(=O)[C@@H]1CCCN1C(=O)[C@@H](N)CCCCN)C(=O)O. The number of aliphatic hydroxyl groups is 1. The summed E-state index contributed by atoms with van der Waals surface area (Å²) in [5.74, 6) is -4.30. The van der Waals surface area contributed by atoms with Crippen LogP contribution in [0, 0.1) is 0 Å². The third-order valence-corrected chi connectivity index (χ3v) is 10.1. The Labute approximate surface area is 322 Å². The molecule has 5 amide bonds. The van der Waals surface area contributed by atoms with Gasteiger partial charge >= 0.3 is 5.97 Å². The second-order valence-electron chi connectivity index (χ2n) is 14.4. The maximum atomic E-state index is 14.2. The lowest BCUT2D eigenvalue weighted by Crippen LogP contribution is -2.59. The van der Waals surface area contributed by atoms with E-state index in [4.69, 9.17) is 22.9 Å². The lowest BCUT2D eigenvalue weighted by molar-refractivity contribution is -0.145. The molecule has 1 aromatic carbocycles. The molecule has 0 bridgehead atoms. The van der Waals surface area contributed by atoms with Gasteiger partial charge in [0.2, 0.25) is 29.5 Å². The molecule has 18 heteroatoms. The normalized spacial score (nSPS) is 20.3. The number of aliphatic carboxylic acids is 1. The van der Waals surface area contributed by atoms with Crippen molar-refractivity contribution in [3.05, 3.63) is 29.8 Å². The molecule has 14 N–H and O–H groups in total. The van der Waals surface area contributed by atoms with Crippen LogP contribution in [0.25, 0.3) is 0 Å². The van der Waals surface area contributed by atoms with Crippen LogP contribution < -0.4 is 38.9 Å².